The van der Waals surface area contributed by atoms with Crippen molar-refractivity contribution in [3.05, 3.63) is 46.2 Å². The van der Waals surface area contributed by atoms with Crippen molar-refractivity contribution in [2.75, 3.05) is 0 Å². The first-order chi connectivity index (χ1) is 9.77. The van der Waals surface area contributed by atoms with E-state index >= 15 is 0 Å². The second-order valence-electron chi connectivity index (χ2n) is 5.75. The number of H-pyrrole nitrogens is 1. The molecule has 0 atom stereocenters. The number of hydrogen-bond acceptors (Lipinski definition) is 4. The molecule has 2 rings (SSSR count). The standard InChI is InChI=1S/C16H20N2O3/c1-10(2)21-12-7-5-6-11(8-12)14-9-13(16(3,4)20)15(19)18-17-14/h5-10,20H,1-4H3,(H,18,19). The van der Waals surface area contributed by atoms with Crippen molar-refractivity contribution in [2.45, 2.75) is 39.4 Å². The molecule has 1 aromatic carbocycles. The second kappa shape index (κ2) is 5.69. The average Bonchev–Trinajstić information content (AvgIpc) is 2.37. The lowest BCUT2D eigenvalue weighted by Crippen LogP contribution is -2.27. The Hall–Kier alpha value is -2.14. The van der Waals surface area contributed by atoms with E-state index in [1.54, 1.807) is 19.9 Å². The van der Waals surface area contributed by atoms with Crippen molar-refractivity contribution < 1.29 is 9.84 Å². The van der Waals surface area contributed by atoms with Crippen LogP contribution in [0.5, 0.6) is 5.75 Å². The molecule has 0 radical (unpaired) electrons. The van der Waals surface area contributed by atoms with Crippen molar-refractivity contribution >= 4 is 0 Å². The molecule has 5 nitrogen and oxygen atoms in total. The van der Waals surface area contributed by atoms with Gasteiger partial charge in [-0.3, -0.25) is 4.79 Å². The smallest absolute Gasteiger partial charge is 0.270 e. The van der Waals surface area contributed by atoms with Crippen LogP contribution in [0.2, 0.25) is 0 Å². The molecule has 0 fully saturated rings. The number of aliphatic hydroxyl groups is 1. The molecular formula is C16H20N2O3. The lowest BCUT2D eigenvalue weighted by atomic mass is 9.98. The molecule has 0 aliphatic rings. The summed E-state index contributed by atoms with van der Waals surface area (Å²) in [5, 5.41) is 16.5. The lowest BCUT2D eigenvalue weighted by Gasteiger charge is -2.17. The number of nitrogens with one attached hydrogen (secondary N) is 1. The average molecular weight is 288 g/mol. The quantitative estimate of drug-likeness (QED) is 0.906. The minimum atomic E-state index is -1.22. The van der Waals surface area contributed by atoms with Gasteiger partial charge in [0, 0.05) is 5.56 Å². The maximum Gasteiger partial charge on any atom is 0.270 e. The van der Waals surface area contributed by atoms with Gasteiger partial charge >= 0.3 is 0 Å². The molecule has 1 heterocycles. The van der Waals surface area contributed by atoms with E-state index in [1.807, 2.05) is 38.1 Å². The maximum atomic E-state index is 11.8. The molecule has 5 heteroatoms. The minimum absolute atomic E-state index is 0.0794. The van der Waals surface area contributed by atoms with E-state index < -0.39 is 5.60 Å². The fourth-order valence-corrected chi connectivity index (χ4v) is 2.01. The first kappa shape index (κ1) is 15.3. The van der Waals surface area contributed by atoms with Crippen LogP contribution in [0.4, 0.5) is 0 Å². The van der Waals surface area contributed by atoms with Crippen molar-refractivity contribution in [3.63, 3.8) is 0 Å². The van der Waals surface area contributed by atoms with Crippen molar-refractivity contribution in [3.8, 4) is 17.0 Å². The number of aromatic nitrogens is 2. The highest BCUT2D eigenvalue weighted by atomic mass is 16.5. The van der Waals surface area contributed by atoms with E-state index in [9.17, 15) is 9.90 Å². The third-order valence-electron chi connectivity index (χ3n) is 2.96. The summed E-state index contributed by atoms with van der Waals surface area (Å²) in [4.78, 5) is 11.8. The van der Waals surface area contributed by atoms with Gasteiger partial charge in [0.25, 0.3) is 5.56 Å². The topological polar surface area (TPSA) is 75.2 Å². The van der Waals surface area contributed by atoms with Crippen LogP contribution in [0.15, 0.2) is 35.1 Å². The van der Waals surface area contributed by atoms with E-state index in [2.05, 4.69) is 10.2 Å². The summed E-state index contributed by atoms with van der Waals surface area (Å²) < 4.78 is 5.65. The zero-order valence-corrected chi connectivity index (χ0v) is 12.7. The van der Waals surface area contributed by atoms with Crippen molar-refractivity contribution in [1.29, 1.82) is 0 Å². The molecule has 0 amide bonds. The van der Waals surface area contributed by atoms with Crippen LogP contribution in [-0.4, -0.2) is 21.4 Å². The molecule has 2 N–H and O–H groups in total. The van der Waals surface area contributed by atoms with Gasteiger partial charge in [-0.15, -0.1) is 0 Å². The summed E-state index contributed by atoms with van der Waals surface area (Å²) in [6, 6.07) is 9.07. The number of benzene rings is 1. The third kappa shape index (κ3) is 3.70. The van der Waals surface area contributed by atoms with Gasteiger partial charge in [-0.2, -0.15) is 5.10 Å². The molecule has 0 saturated heterocycles. The molecule has 0 aliphatic heterocycles. The molecule has 0 spiro atoms. The predicted molar refractivity (Wildman–Crippen MR) is 81.3 cm³/mol. The van der Waals surface area contributed by atoms with Gasteiger partial charge in [0.1, 0.15) is 5.75 Å². The SMILES string of the molecule is CC(C)Oc1cccc(-c2cc(C(C)(C)O)c(=O)[nH]n2)c1. The summed E-state index contributed by atoms with van der Waals surface area (Å²) in [5.74, 6) is 0.736. The Bertz CT molecular complexity index is 684. The van der Waals surface area contributed by atoms with Crippen LogP contribution in [0.1, 0.15) is 33.3 Å². The summed E-state index contributed by atoms with van der Waals surface area (Å²) in [7, 11) is 0. The monoisotopic (exact) mass is 288 g/mol. The summed E-state index contributed by atoms with van der Waals surface area (Å²) >= 11 is 0. The van der Waals surface area contributed by atoms with Crippen molar-refractivity contribution in [2.24, 2.45) is 0 Å². The summed E-state index contributed by atoms with van der Waals surface area (Å²) in [6.45, 7) is 7.05. The molecule has 21 heavy (non-hydrogen) atoms. The van der Waals surface area contributed by atoms with Crippen molar-refractivity contribution in [1.82, 2.24) is 10.2 Å². The second-order valence-corrected chi connectivity index (χ2v) is 5.75. The van der Waals surface area contributed by atoms with E-state index in [-0.39, 0.29) is 17.2 Å². The fraction of sp³-hybridized carbons (Fsp3) is 0.375. The minimum Gasteiger partial charge on any atom is -0.491 e. The largest absolute Gasteiger partial charge is 0.491 e. The fourth-order valence-electron chi connectivity index (χ4n) is 2.01. The van der Waals surface area contributed by atoms with Gasteiger partial charge in [0.15, 0.2) is 0 Å². The van der Waals surface area contributed by atoms with Crippen LogP contribution in [0.3, 0.4) is 0 Å². The zero-order chi connectivity index (χ0) is 15.6. The Morgan fingerprint density at radius 1 is 1.29 bits per heavy atom. The number of ether oxygens (including phenoxy) is 1. The Morgan fingerprint density at radius 3 is 2.62 bits per heavy atom. The number of aromatic amines is 1. The van der Waals surface area contributed by atoms with Gasteiger partial charge in [0.2, 0.25) is 0 Å². The molecule has 0 bridgehead atoms. The Morgan fingerprint density at radius 2 is 2.00 bits per heavy atom. The van der Waals surface area contributed by atoms with Crippen LogP contribution < -0.4 is 10.3 Å². The highest BCUT2D eigenvalue weighted by Gasteiger charge is 2.21. The van der Waals surface area contributed by atoms with E-state index in [0.29, 0.717) is 5.69 Å². The normalized spacial score (nSPS) is 11.7. The molecule has 1 aromatic heterocycles. The van der Waals surface area contributed by atoms with E-state index in [4.69, 9.17) is 4.74 Å². The van der Waals surface area contributed by atoms with Gasteiger partial charge in [-0.05, 0) is 45.9 Å². The molecule has 2 aromatic rings. The van der Waals surface area contributed by atoms with E-state index in [0.717, 1.165) is 11.3 Å². The lowest BCUT2D eigenvalue weighted by molar-refractivity contribution is 0.0769. The molecule has 0 aliphatic carbocycles. The number of hydrogen-bond donors (Lipinski definition) is 2. The predicted octanol–water partition coefficient (Wildman–Crippen LogP) is 2.45. The van der Waals surface area contributed by atoms with E-state index in [1.165, 1.54) is 0 Å². The molecule has 0 saturated carbocycles. The first-order valence-electron chi connectivity index (χ1n) is 6.87. The Labute approximate surface area is 123 Å². The maximum absolute atomic E-state index is 11.8. The zero-order valence-electron chi connectivity index (χ0n) is 12.7. The first-order valence-corrected chi connectivity index (χ1v) is 6.87. The number of rotatable bonds is 4. The van der Waals surface area contributed by atoms with Crippen LogP contribution in [-0.2, 0) is 5.60 Å². The van der Waals surface area contributed by atoms with Crippen LogP contribution >= 0.6 is 0 Å². The van der Waals surface area contributed by atoms with Gasteiger partial charge in [-0.25, -0.2) is 5.10 Å². The third-order valence-corrected chi connectivity index (χ3v) is 2.96. The van der Waals surface area contributed by atoms with Gasteiger partial charge in [-0.1, -0.05) is 12.1 Å². The Balaban J connectivity index is 2.45. The molecule has 0 unspecified atom stereocenters. The summed E-state index contributed by atoms with van der Waals surface area (Å²) in [5.41, 5.74) is 0.0662. The highest BCUT2D eigenvalue weighted by Crippen LogP contribution is 2.25. The molecule has 112 valence electrons. The number of nitrogens with zero attached hydrogens (tertiary/aromatic N) is 1. The van der Waals surface area contributed by atoms with Crippen LogP contribution in [0.25, 0.3) is 11.3 Å². The summed E-state index contributed by atoms with van der Waals surface area (Å²) in [6.07, 6.45) is 0.0794. The van der Waals surface area contributed by atoms with Gasteiger partial charge in [0.05, 0.1) is 23.0 Å². The highest BCUT2D eigenvalue weighted by molar-refractivity contribution is 5.61. The van der Waals surface area contributed by atoms with Gasteiger partial charge < -0.3 is 9.84 Å². The Kier molecular flexibility index (Phi) is 4.14. The van der Waals surface area contributed by atoms with Crippen LogP contribution in [0, 0.1) is 0 Å². The molecular weight excluding hydrogens is 268 g/mol.